The Morgan fingerprint density at radius 1 is 1.43 bits per heavy atom. The van der Waals surface area contributed by atoms with Gasteiger partial charge in [0.15, 0.2) is 5.78 Å². The Hall–Kier alpha value is -0.870. The first kappa shape index (κ1) is 11.2. The molecule has 0 aliphatic heterocycles. The number of carbonyl (C=O) groups is 1. The van der Waals surface area contributed by atoms with Crippen molar-refractivity contribution in [3.05, 3.63) is 28.2 Å². The lowest BCUT2D eigenvalue weighted by Gasteiger charge is -2.05. The first-order chi connectivity index (χ1) is 6.66. The minimum absolute atomic E-state index is 0.0502. The van der Waals surface area contributed by atoms with Crippen LogP contribution in [-0.2, 0) is 0 Å². The van der Waals surface area contributed by atoms with Crippen LogP contribution in [0.3, 0.4) is 0 Å². The lowest BCUT2D eigenvalue weighted by molar-refractivity contribution is 0.0981. The highest BCUT2D eigenvalue weighted by Crippen LogP contribution is 2.24. The monoisotopic (exact) mass is 256 g/mol. The summed E-state index contributed by atoms with van der Waals surface area (Å²) in [4.78, 5) is 11.6. The van der Waals surface area contributed by atoms with Gasteiger partial charge >= 0.3 is 0 Å². The quantitative estimate of drug-likeness (QED) is 0.639. The van der Waals surface area contributed by atoms with Crippen LogP contribution in [0.2, 0.25) is 0 Å². The molecule has 4 N–H and O–H groups in total. The van der Waals surface area contributed by atoms with Gasteiger partial charge in [-0.25, -0.2) is 0 Å². The van der Waals surface area contributed by atoms with Gasteiger partial charge in [-0.15, -0.1) is 0 Å². The van der Waals surface area contributed by atoms with Crippen molar-refractivity contribution in [2.75, 3.05) is 12.3 Å². The Labute approximate surface area is 91.6 Å². The molecular weight excluding hydrogens is 244 g/mol. The molecule has 0 atom stereocenters. The molecule has 1 aromatic carbocycles. The van der Waals surface area contributed by atoms with Gasteiger partial charge in [0, 0.05) is 16.5 Å². The Morgan fingerprint density at radius 3 is 2.79 bits per heavy atom. The number of hydrogen-bond acceptors (Lipinski definition) is 3. The number of para-hydroxylation sites is 1. The van der Waals surface area contributed by atoms with Gasteiger partial charge in [-0.05, 0) is 41.0 Å². The zero-order chi connectivity index (χ0) is 10.6. The maximum atomic E-state index is 11.6. The largest absolute Gasteiger partial charge is 0.397 e. The summed E-state index contributed by atoms with van der Waals surface area (Å²) >= 11 is 3.28. The molecule has 0 spiro atoms. The summed E-state index contributed by atoms with van der Waals surface area (Å²) in [5.74, 6) is 0.0502. The van der Waals surface area contributed by atoms with Gasteiger partial charge < -0.3 is 11.5 Å². The number of anilines is 1. The fourth-order valence-corrected chi connectivity index (χ4v) is 1.54. The van der Waals surface area contributed by atoms with Crippen LogP contribution in [0.15, 0.2) is 22.7 Å². The molecule has 0 unspecified atom stereocenters. The average molecular weight is 257 g/mol. The minimum Gasteiger partial charge on any atom is -0.397 e. The van der Waals surface area contributed by atoms with E-state index in [1.807, 2.05) is 6.07 Å². The number of nitrogen functional groups attached to an aromatic ring is 1. The van der Waals surface area contributed by atoms with Gasteiger partial charge in [-0.2, -0.15) is 0 Å². The van der Waals surface area contributed by atoms with E-state index in [9.17, 15) is 4.79 Å². The first-order valence-corrected chi connectivity index (χ1v) is 5.23. The van der Waals surface area contributed by atoms with E-state index in [4.69, 9.17) is 11.5 Å². The van der Waals surface area contributed by atoms with Gasteiger partial charge in [0.2, 0.25) is 0 Å². The standard InChI is InChI=1S/C10H13BrN2O/c11-8-4-1-3-7(10(8)13)9(14)5-2-6-12/h1,3-4H,2,5-6,12-13H2. The third kappa shape index (κ3) is 2.56. The Bertz CT molecular complexity index is 339. The third-order valence-electron chi connectivity index (χ3n) is 1.96. The number of ketones is 1. The van der Waals surface area contributed by atoms with Crippen molar-refractivity contribution < 1.29 is 4.79 Å². The fraction of sp³-hybridized carbons (Fsp3) is 0.300. The van der Waals surface area contributed by atoms with E-state index in [1.54, 1.807) is 12.1 Å². The molecule has 0 aliphatic rings. The van der Waals surface area contributed by atoms with Gasteiger partial charge in [-0.1, -0.05) is 6.07 Å². The average Bonchev–Trinajstić information content (AvgIpc) is 2.18. The first-order valence-electron chi connectivity index (χ1n) is 4.44. The maximum Gasteiger partial charge on any atom is 0.165 e. The summed E-state index contributed by atoms with van der Waals surface area (Å²) in [5, 5.41) is 0. The molecule has 1 aromatic rings. The zero-order valence-electron chi connectivity index (χ0n) is 7.79. The zero-order valence-corrected chi connectivity index (χ0v) is 9.38. The summed E-state index contributed by atoms with van der Waals surface area (Å²) < 4.78 is 0.760. The van der Waals surface area contributed by atoms with Crippen molar-refractivity contribution in [2.45, 2.75) is 12.8 Å². The van der Waals surface area contributed by atoms with E-state index in [2.05, 4.69) is 15.9 Å². The van der Waals surface area contributed by atoms with Crippen molar-refractivity contribution in [2.24, 2.45) is 5.73 Å². The second-order valence-electron chi connectivity index (χ2n) is 3.02. The predicted molar refractivity (Wildman–Crippen MR) is 61.2 cm³/mol. The van der Waals surface area contributed by atoms with Crippen LogP contribution in [0.4, 0.5) is 5.69 Å². The van der Waals surface area contributed by atoms with Crippen molar-refractivity contribution in [1.82, 2.24) is 0 Å². The topological polar surface area (TPSA) is 69.1 Å². The molecule has 0 aromatic heterocycles. The van der Waals surface area contributed by atoms with Gasteiger partial charge in [0.25, 0.3) is 0 Å². The van der Waals surface area contributed by atoms with Crippen LogP contribution in [0.5, 0.6) is 0 Å². The van der Waals surface area contributed by atoms with Crippen LogP contribution in [-0.4, -0.2) is 12.3 Å². The SMILES string of the molecule is NCCCC(=O)c1cccc(Br)c1N. The second kappa shape index (κ2) is 5.12. The van der Waals surface area contributed by atoms with Crippen molar-refractivity contribution in [3.63, 3.8) is 0 Å². The molecule has 0 radical (unpaired) electrons. The summed E-state index contributed by atoms with van der Waals surface area (Å²) in [6, 6.07) is 5.35. The molecular formula is C10H13BrN2O. The predicted octanol–water partition coefficient (Wildman–Crippen LogP) is 1.95. The van der Waals surface area contributed by atoms with E-state index < -0.39 is 0 Å². The van der Waals surface area contributed by atoms with Crippen molar-refractivity contribution in [1.29, 1.82) is 0 Å². The van der Waals surface area contributed by atoms with E-state index in [0.717, 1.165) is 4.47 Å². The summed E-state index contributed by atoms with van der Waals surface area (Å²) in [5.41, 5.74) is 12.2. The molecule has 1 rings (SSSR count). The van der Waals surface area contributed by atoms with E-state index in [1.165, 1.54) is 0 Å². The van der Waals surface area contributed by atoms with Gasteiger partial charge in [0.05, 0.1) is 5.69 Å². The highest BCUT2D eigenvalue weighted by molar-refractivity contribution is 9.10. The lowest BCUT2D eigenvalue weighted by Crippen LogP contribution is -2.07. The summed E-state index contributed by atoms with van der Waals surface area (Å²) in [6.07, 6.45) is 1.15. The highest BCUT2D eigenvalue weighted by Gasteiger charge is 2.10. The Balaban J connectivity index is 2.84. The van der Waals surface area contributed by atoms with Crippen LogP contribution in [0.25, 0.3) is 0 Å². The van der Waals surface area contributed by atoms with Crippen LogP contribution < -0.4 is 11.5 Å². The number of benzene rings is 1. The Morgan fingerprint density at radius 2 is 2.14 bits per heavy atom. The fourth-order valence-electron chi connectivity index (χ4n) is 1.18. The number of carbonyl (C=O) groups excluding carboxylic acids is 1. The summed E-state index contributed by atoms with van der Waals surface area (Å²) in [7, 11) is 0. The normalized spacial score (nSPS) is 10.1. The van der Waals surface area contributed by atoms with E-state index in [-0.39, 0.29) is 5.78 Å². The summed E-state index contributed by atoms with van der Waals surface area (Å²) in [6.45, 7) is 0.527. The molecule has 0 bridgehead atoms. The van der Waals surface area contributed by atoms with Crippen molar-refractivity contribution in [3.8, 4) is 0 Å². The maximum absolute atomic E-state index is 11.6. The lowest BCUT2D eigenvalue weighted by atomic mass is 10.1. The molecule has 76 valence electrons. The molecule has 3 nitrogen and oxygen atoms in total. The number of halogens is 1. The third-order valence-corrected chi connectivity index (χ3v) is 2.65. The molecule has 0 amide bonds. The van der Waals surface area contributed by atoms with Gasteiger partial charge in [0.1, 0.15) is 0 Å². The molecule has 14 heavy (non-hydrogen) atoms. The number of rotatable bonds is 4. The molecule has 0 aliphatic carbocycles. The van der Waals surface area contributed by atoms with Gasteiger partial charge in [-0.3, -0.25) is 4.79 Å². The molecule has 0 heterocycles. The molecule has 0 saturated carbocycles. The Kier molecular flexibility index (Phi) is 4.10. The number of Topliss-reactive ketones (excluding diaryl/α,β-unsaturated/α-hetero) is 1. The smallest absolute Gasteiger partial charge is 0.165 e. The van der Waals surface area contributed by atoms with E-state index >= 15 is 0 Å². The molecule has 4 heteroatoms. The van der Waals surface area contributed by atoms with Crippen LogP contribution >= 0.6 is 15.9 Å². The van der Waals surface area contributed by atoms with E-state index in [0.29, 0.717) is 30.6 Å². The minimum atomic E-state index is 0.0502. The number of nitrogens with two attached hydrogens (primary N) is 2. The van der Waals surface area contributed by atoms with Crippen LogP contribution in [0, 0.1) is 0 Å². The second-order valence-corrected chi connectivity index (χ2v) is 3.87. The molecule has 0 saturated heterocycles. The molecule has 0 fully saturated rings. The number of hydrogen-bond donors (Lipinski definition) is 2. The highest BCUT2D eigenvalue weighted by atomic mass is 79.9. The van der Waals surface area contributed by atoms with Crippen molar-refractivity contribution >= 4 is 27.4 Å². The van der Waals surface area contributed by atoms with Crippen LogP contribution in [0.1, 0.15) is 23.2 Å².